The number of halogens is 1. The highest BCUT2D eigenvalue weighted by molar-refractivity contribution is 6.32. The molecule has 1 aliphatic heterocycles. The molecule has 1 aliphatic carbocycles. The van der Waals surface area contributed by atoms with Gasteiger partial charge in [-0.3, -0.25) is 0 Å². The maximum absolute atomic E-state index is 11.3. The highest BCUT2D eigenvalue weighted by Gasteiger charge is 2.36. The Balaban J connectivity index is 1.58. The van der Waals surface area contributed by atoms with E-state index in [-0.39, 0.29) is 6.04 Å². The summed E-state index contributed by atoms with van der Waals surface area (Å²) in [4.78, 5) is 0. The minimum Gasteiger partial charge on any atom is -0.496 e. The molecular formula is C23H26ClNO2. The standard InChI is InChI=1S/C23H26ClNO2/c1-27-21-11-10-20(24)22-16(6-5-9-19(21)22)14-18-15-23(26,12-13-25-18)17-7-3-2-4-8-17/h2-4,6-8,10-11,18,25-26H,5,9,12-15H2,1H3. The van der Waals surface area contributed by atoms with E-state index in [4.69, 9.17) is 16.3 Å². The van der Waals surface area contributed by atoms with Crippen LogP contribution in [0, 0.1) is 0 Å². The van der Waals surface area contributed by atoms with Gasteiger partial charge in [-0.2, -0.15) is 0 Å². The zero-order chi connectivity index (χ0) is 18.9. The van der Waals surface area contributed by atoms with E-state index in [9.17, 15) is 5.11 Å². The molecule has 1 saturated heterocycles. The molecule has 1 heterocycles. The fraction of sp³-hybridized carbons (Fsp3) is 0.391. The van der Waals surface area contributed by atoms with Gasteiger partial charge in [0.2, 0.25) is 0 Å². The fourth-order valence-electron chi connectivity index (χ4n) is 4.55. The van der Waals surface area contributed by atoms with Crippen molar-refractivity contribution in [3.63, 3.8) is 0 Å². The molecule has 0 amide bonds. The highest BCUT2D eigenvalue weighted by atomic mass is 35.5. The third-order valence-corrected chi connectivity index (χ3v) is 6.19. The third-order valence-electron chi connectivity index (χ3n) is 5.88. The van der Waals surface area contributed by atoms with Crippen LogP contribution in [0.25, 0.3) is 5.57 Å². The lowest BCUT2D eigenvalue weighted by atomic mass is 9.78. The average Bonchev–Trinajstić information content (AvgIpc) is 2.69. The number of aliphatic hydroxyl groups is 1. The van der Waals surface area contributed by atoms with E-state index < -0.39 is 5.60 Å². The minimum atomic E-state index is -0.770. The normalized spacial score (nSPS) is 24.9. The predicted molar refractivity (Wildman–Crippen MR) is 110 cm³/mol. The van der Waals surface area contributed by atoms with Gasteiger partial charge in [-0.25, -0.2) is 0 Å². The summed E-state index contributed by atoms with van der Waals surface area (Å²) < 4.78 is 5.56. The molecule has 0 saturated carbocycles. The van der Waals surface area contributed by atoms with Gasteiger partial charge < -0.3 is 15.2 Å². The van der Waals surface area contributed by atoms with Crippen LogP contribution in [0.3, 0.4) is 0 Å². The molecule has 27 heavy (non-hydrogen) atoms. The van der Waals surface area contributed by atoms with E-state index >= 15 is 0 Å². The summed E-state index contributed by atoms with van der Waals surface area (Å²) in [5, 5.41) is 15.6. The van der Waals surface area contributed by atoms with Gasteiger partial charge in [0.1, 0.15) is 5.75 Å². The second-order valence-electron chi connectivity index (χ2n) is 7.58. The van der Waals surface area contributed by atoms with Crippen molar-refractivity contribution in [1.82, 2.24) is 5.32 Å². The smallest absolute Gasteiger partial charge is 0.122 e. The number of ether oxygens (including phenoxy) is 1. The lowest BCUT2D eigenvalue weighted by Gasteiger charge is -2.39. The Kier molecular flexibility index (Phi) is 5.27. The van der Waals surface area contributed by atoms with Gasteiger partial charge in [0.05, 0.1) is 12.7 Å². The Morgan fingerprint density at radius 1 is 1.22 bits per heavy atom. The summed E-state index contributed by atoms with van der Waals surface area (Å²) in [5.74, 6) is 0.914. The van der Waals surface area contributed by atoms with Crippen molar-refractivity contribution in [2.24, 2.45) is 0 Å². The Labute approximate surface area is 166 Å². The molecule has 0 aromatic heterocycles. The van der Waals surface area contributed by atoms with Crippen LogP contribution in [0.1, 0.15) is 42.4 Å². The highest BCUT2D eigenvalue weighted by Crippen LogP contribution is 2.41. The number of rotatable bonds is 4. The number of allylic oxidation sites excluding steroid dienone is 1. The van der Waals surface area contributed by atoms with Crippen molar-refractivity contribution in [3.05, 3.63) is 70.3 Å². The first kappa shape index (κ1) is 18.5. The Hall–Kier alpha value is -1.81. The first-order chi connectivity index (χ1) is 13.1. The zero-order valence-electron chi connectivity index (χ0n) is 15.7. The van der Waals surface area contributed by atoms with Gasteiger partial charge in [-0.15, -0.1) is 0 Å². The number of nitrogens with one attached hydrogen (secondary N) is 1. The van der Waals surface area contributed by atoms with Gasteiger partial charge in [0, 0.05) is 22.2 Å². The molecule has 3 nitrogen and oxygen atoms in total. The van der Waals surface area contributed by atoms with Crippen LogP contribution >= 0.6 is 11.6 Å². The maximum Gasteiger partial charge on any atom is 0.122 e. The first-order valence-electron chi connectivity index (χ1n) is 9.67. The number of piperidine rings is 1. The molecule has 0 spiro atoms. The lowest BCUT2D eigenvalue weighted by molar-refractivity contribution is -0.00825. The maximum atomic E-state index is 11.3. The van der Waals surface area contributed by atoms with E-state index in [1.54, 1.807) is 7.11 Å². The Morgan fingerprint density at radius 3 is 2.81 bits per heavy atom. The SMILES string of the molecule is COc1ccc(Cl)c2c1CCC=C2CC1CC(O)(c2ccccc2)CCN1. The summed E-state index contributed by atoms with van der Waals surface area (Å²) >= 11 is 6.57. The van der Waals surface area contributed by atoms with Crippen molar-refractivity contribution >= 4 is 17.2 Å². The molecule has 1 fully saturated rings. The molecular weight excluding hydrogens is 358 g/mol. The molecule has 2 atom stereocenters. The Bertz CT molecular complexity index is 849. The summed E-state index contributed by atoms with van der Waals surface area (Å²) in [6, 6.07) is 14.1. The van der Waals surface area contributed by atoms with Crippen molar-refractivity contribution < 1.29 is 9.84 Å². The van der Waals surface area contributed by atoms with Crippen molar-refractivity contribution in [2.75, 3.05) is 13.7 Å². The molecule has 2 aromatic rings. The number of methoxy groups -OCH3 is 1. The van der Waals surface area contributed by atoms with E-state index in [0.29, 0.717) is 6.42 Å². The molecule has 0 bridgehead atoms. The molecule has 2 aromatic carbocycles. The van der Waals surface area contributed by atoms with Crippen molar-refractivity contribution in [1.29, 1.82) is 0 Å². The molecule has 2 N–H and O–H groups in total. The topological polar surface area (TPSA) is 41.5 Å². The minimum absolute atomic E-state index is 0.212. The van der Waals surface area contributed by atoms with Crippen molar-refractivity contribution in [3.8, 4) is 5.75 Å². The fourth-order valence-corrected chi connectivity index (χ4v) is 4.85. The summed E-state index contributed by atoms with van der Waals surface area (Å²) in [6.07, 6.45) is 6.53. The second kappa shape index (κ2) is 7.67. The number of hydrogen-bond acceptors (Lipinski definition) is 3. The molecule has 4 rings (SSSR count). The molecule has 142 valence electrons. The quantitative estimate of drug-likeness (QED) is 0.803. The molecule has 2 unspecified atom stereocenters. The van der Waals surface area contributed by atoms with E-state index in [1.807, 2.05) is 42.5 Å². The van der Waals surface area contributed by atoms with Crippen molar-refractivity contribution in [2.45, 2.75) is 43.7 Å². The number of benzene rings is 2. The van der Waals surface area contributed by atoms with Crippen LogP contribution in [0.4, 0.5) is 0 Å². The van der Waals surface area contributed by atoms with Gasteiger partial charge in [-0.1, -0.05) is 48.0 Å². The monoisotopic (exact) mass is 383 g/mol. The van der Waals surface area contributed by atoms with Gasteiger partial charge >= 0.3 is 0 Å². The largest absolute Gasteiger partial charge is 0.496 e. The van der Waals surface area contributed by atoms with Gasteiger partial charge in [0.15, 0.2) is 0 Å². The van der Waals surface area contributed by atoms with Crippen LogP contribution < -0.4 is 10.1 Å². The van der Waals surface area contributed by atoms with Gasteiger partial charge in [0.25, 0.3) is 0 Å². The lowest BCUT2D eigenvalue weighted by Crippen LogP contribution is -2.46. The van der Waals surface area contributed by atoms with Gasteiger partial charge in [-0.05, 0) is 61.9 Å². The Morgan fingerprint density at radius 2 is 2.04 bits per heavy atom. The molecule has 2 aliphatic rings. The summed E-state index contributed by atoms with van der Waals surface area (Å²) in [7, 11) is 1.71. The van der Waals surface area contributed by atoms with E-state index in [1.165, 1.54) is 11.1 Å². The average molecular weight is 384 g/mol. The second-order valence-corrected chi connectivity index (χ2v) is 7.99. The zero-order valence-corrected chi connectivity index (χ0v) is 16.4. The van der Waals surface area contributed by atoms with Crippen LogP contribution in [0.5, 0.6) is 5.75 Å². The number of fused-ring (bicyclic) bond motifs is 1. The predicted octanol–water partition coefficient (Wildman–Crippen LogP) is 4.71. The van der Waals surface area contributed by atoms with E-state index in [0.717, 1.165) is 54.1 Å². The number of hydrogen-bond donors (Lipinski definition) is 2. The van der Waals surface area contributed by atoms with E-state index in [2.05, 4.69) is 11.4 Å². The molecule has 0 radical (unpaired) electrons. The summed E-state index contributed by atoms with van der Waals surface area (Å²) in [5.41, 5.74) is 3.83. The van der Waals surface area contributed by atoms with Crippen LogP contribution in [0.15, 0.2) is 48.5 Å². The van der Waals surface area contributed by atoms with Crippen LogP contribution in [-0.4, -0.2) is 24.8 Å². The van der Waals surface area contributed by atoms with Crippen LogP contribution in [0.2, 0.25) is 5.02 Å². The summed E-state index contributed by atoms with van der Waals surface area (Å²) in [6.45, 7) is 0.808. The van der Waals surface area contributed by atoms with Crippen LogP contribution in [-0.2, 0) is 12.0 Å². The first-order valence-corrected chi connectivity index (χ1v) is 10.0. The molecule has 4 heteroatoms. The third kappa shape index (κ3) is 3.64.